The number of nitrogens with zero attached hydrogens (tertiary/aromatic N) is 1. The second-order valence-electron chi connectivity index (χ2n) is 2.88. The fourth-order valence-corrected chi connectivity index (χ4v) is 1.33. The summed E-state index contributed by atoms with van der Waals surface area (Å²) in [5.41, 5.74) is 2.37. The predicted octanol–water partition coefficient (Wildman–Crippen LogP) is 2.42. The molecule has 0 amide bonds. The largest absolute Gasteiger partial charge is 0.198 e. The summed E-state index contributed by atoms with van der Waals surface area (Å²) in [6.45, 7) is 5.89. The summed E-state index contributed by atoms with van der Waals surface area (Å²) in [4.78, 5) is 0. The summed E-state index contributed by atoms with van der Waals surface area (Å²) in [6.07, 6.45) is 3.86. The van der Waals surface area contributed by atoms with Crippen molar-refractivity contribution in [3.05, 3.63) is 23.8 Å². The highest BCUT2D eigenvalue weighted by Crippen LogP contribution is 2.25. The zero-order valence-corrected chi connectivity index (χ0v) is 6.22. The maximum atomic E-state index is 8.61. The monoisotopic (exact) mass is 133 g/mol. The molecule has 0 bridgehead atoms. The maximum Gasteiger partial charge on any atom is 0.0662 e. The summed E-state index contributed by atoms with van der Waals surface area (Å²) < 4.78 is 0. The van der Waals surface area contributed by atoms with E-state index in [1.807, 2.05) is 0 Å². The van der Waals surface area contributed by atoms with E-state index >= 15 is 0 Å². The average molecular weight is 133 g/mol. The molecule has 1 heteroatoms. The van der Waals surface area contributed by atoms with E-state index in [2.05, 4.69) is 25.6 Å². The smallest absolute Gasteiger partial charge is 0.0662 e. The maximum absolute atomic E-state index is 8.61. The van der Waals surface area contributed by atoms with Gasteiger partial charge in [-0.05, 0) is 19.8 Å². The molecule has 0 aromatic rings. The first-order valence-electron chi connectivity index (χ1n) is 3.47. The summed E-state index contributed by atoms with van der Waals surface area (Å²) in [6, 6.07) is 2.26. The van der Waals surface area contributed by atoms with E-state index < -0.39 is 0 Å². The van der Waals surface area contributed by atoms with Crippen molar-refractivity contribution in [2.24, 2.45) is 5.92 Å². The minimum Gasteiger partial charge on any atom is -0.198 e. The number of nitriles is 1. The van der Waals surface area contributed by atoms with E-state index in [1.54, 1.807) is 0 Å². The zero-order valence-electron chi connectivity index (χ0n) is 6.22. The molecule has 10 heavy (non-hydrogen) atoms. The molecule has 1 rings (SSSR count). The van der Waals surface area contributed by atoms with Crippen LogP contribution < -0.4 is 0 Å². The van der Waals surface area contributed by atoms with Gasteiger partial charge in [0.05, 0.1) is 12.0 Å². The molecular weight excluding hydrogens is 122 g/mol. The number of rotatable bonds is 0. The third-order valence-electron chi connectivity index (χ3n) is 1.71. The van der Waals surface area contributed by atoms with Crippen molar-refractivity contribution in [3.63, 3.8) is 0 Å². The molecule has 0 N–H and O–H groups in total. The molecule has 0 aliphatic heterocycles. The van der Waals surface area contributed by atoms with Crippen LogP contribution in [0.1, 0.15) is 19.8 Å². The second kappa shape index (κ2) is 2.70. The highest BCUT2D eigenvalue weighted by Gasteiger charge is 2.13. The second-order valence-corrected chi connectivity index (χ2v) is 2.88. The van der Waals surface area contributed by atoms with Gasteiger partial charge in [0.2, 0.25) is 0 Å². The Morgan fingerprint density at radius 1 is 1.70 bits per heavy atom. The van der Waals surface area contributed by atoms with Gasteiger partial charge in [0.15, 0.2) is 0 Å². The standard InChI is InChI=1S/C9H11N/c1-7-3-8(2)5-9(4-7)6-10/h3,9H,1,4-5H2,2H3. The van der Waals surface area contributed by atoms with Crippen LogP contribution in [0.5, 0.6) is 0 Å². The van der Waals surface area contributed by atoms with E-state index in [0.717, 1.165) is 18.4 Å². The first kappa shape index (κ1) is 7.08. The van der Waals surface area contributed by atoms with Gasteiger partial charge < -0.3 is 0 Å². The first-order chi connectivity index (χ1) is 4.72. The van der Waals surface area contributed by atoms with E-state index in [-0.39, 0.29) is 5.92 Å². The van der Waals surface area contributed by atoms with Gasteiger partial charge in [-0.2, -0.15) is 5.26 Å². The van der Waals surface area contributed by atoms with Crippen molar-refractivity contribution in [1.82, 2.24) is 0 Å². The van der Waals surface area contributed by atoms with E-state index in [1.165, 1.54) is 5.57 Å². The number of hydrogen-bond acceptors (Lipinski definition) is 1. The molecule has 1 nitrogen and oxygen atoms in total. The van der Waals surface area contributed by atoms with Crippen molar-refractivity contribution in [1.29, 1.82) is 5.26 Å². The van der Waals surface area contributed by atoms with Crippen molar-refractivity contribution in [2.45, 2.75) is 19.8 Å². The van der Waals surface area contributed by atoms with Crippen LogP contribution >= 0.6 is 0 Å². The summed E-state index contributed by atoms with van der Waals surface area (Å²) >= 11 is 0. The normalized spacial score (nSPS) is 25.4. The summed E-state index contributed by atoms with van der Waals surface area (Å²) in [7, 11) is 0. The molecule has 0 heterocycles. The van der Waals surface area contributed by atoms with Crippen LogP contribution in [0.4, 0.5) is 0 Å². The van der Waals surface area contributed by atoms with Gasteiger partial charge in [-0.3, -0.25) is 0 Å². The molecule has 52 valence electrons. The zero-order chi connectivity index (χ0) is 7.56. The lowest BCUT2D eigenvalue weighted by molar-refractivity contribution is 0.636. The van der Waals surface area contributed by atoms with Crippen molar-refractivity contribution < 1.29 is 0 Å². The van der Waals surface area contributed by atoms with Crippen LogP contribution in [0.25, 0.3) is 0 Å². The Kier molecular flexibility index (Phi) is 1.91. The van der Waals surface area contributed by atoms with E-state index in [9.17, 15) is 0 Å². The van der Waals surface area contributed by atoms with Crippen LogP contribution in [0.15, 0.2) is 23.8 Å². The van der Waals surface area contributed by atoms with Gasteiger partial charge in [0.25, 0.3) is 0 Å². The summed E-state index contributed by atoms with van der Waals surface area (Å²) in [5.74, 6) is 0.178. The molecule has 1 atom stereocenters. The van der Waals surface area contributed by atoms with Crippen LogP contribution in [-0.4, -0.2) is 0 Å². The van der Waals surface area contributed by atoms with Gasteiger partial charge in [-0.25, -0.2) is 0 Å². The fraction of sp³-hybridized carbons (Fsp3) is 0.444. The minimum atomic E-state index is 0.178. The highest BCUT2D eigenvalue weighted by atomic mass is 14.3. The topological polar surface area (TPSA) is 23.8 Å². The lowest BCUT2D eigenvalue weighted by Crippen LogP contribution is -2.03. The molecule has 0 spiro atoms. The van der Waals surface area contributed by atoms with Gasteiger partial charge in [0.1, 0.15) is 0 Å². The third kappa shape index (κ3) is 1.48. The average Bonchev–Trinajstić information content (AvgIpc) is 1.85. The van der Waals surface area contributed by atoms with Gasteiger partial charge >= 0.3 is 0 Å². The molecule has 0 saturated heterocycles. The fourth-order valence-electron chi connectivity index (χ4n) is 1.33. The predicted molar refractivity (Wildman–Crippen MR) is 41.2 cm³/mol. The molecule has 0 saturated carbocycles. The third-order valence-corrected chi connectivity index (χ3v) is 1.71. The van der Waals surface area contributed by atoms with Crippen molar-refractivity contribution in [3.8, 4) is 6.07 Å². The number of allylic oxidation sites excluding steroid dienone is 3. The summed E-state index contributed by atoms with van der Waals surface area (Å²) in [5, 5.41) is 8.61. The molecule has 0 aromatic carbocycles. The lowest BCUT2D eigenvalue weighted by atomic mass is 9.88. The first-order valence-corrected chi connectivity index (χ1v) is 3.47. The Hall–Kier alpha value is -1.03. The van der Waals surface area contributed by atoms with Crippen LogP contribution in [-0.2, 0) is 0 Å². The van der Waals surface area contributed by atoms with Crippen LogP contribution in [0.2, 0.25) is 0 Å². The molecule has 1 unspecified atom stereocenters. The minimum absolute atomic E-state index is 0.178. The SMILES string of the molecule is C=C1C=C(C)CC(C#N)C1. The van der Waals surface area contributed by atoms with Crippen molar-refractivity contribution in [2.75, 3.05) is 0 Å². The Labute approximate surface area is 61.7 Å². The van der Waals surface area contributed by atoms with Gasteiger partial charge in [0, 0.05) is 0 Å². The van der Waals surface area contributed by atoms with E-state index in [0.29, 0.717) is 0 Å². The molecule has 0 aromatic heterocycles. The van der Waals surface area contributed by atoms with Crippen molar-refractivity contribution >= 4 is 0 Å². The quantitative estimate of drug-likeness (QED) is 0.498. The van der Waals surface area contributed by atoms with Crippen LogP contribution in [0, 0.1) is 17.2 Å². The van der Waals surface area contributed by atoms with Gasteiger partial charge in [-0.15, -0.1) is 0 Å². The Balaban J connectivity index is 2.72. The highest BCUT2D eigenvalue weighted by molar-refractivity contribution is 5.26. The molecular formula is C9H11N. The lowest BCUT2D eigenvalue weighted by Gasteiger charge is -2.15. The van der Waals surface area contributed by atoms with E-state index in [4.69, 9.17) is 5.26 Å². The number of hydrogen-bond donors (Lipinski definition) is 0. The molecule has 1 aliphatic rings. The van der Waals surface area contributed by atoms with Crippen LogP contribution in [0.3, 0.4) is 0 Å². The van der Waals surface area contributed by atoms with Gasteiger partial charge in [-0.1, -0.05) is 23.8 Å². The molecule has 0 fully saturated rings. The Morgan fingerprint density at radius 3 is 2.90 bits per heavy atom. The molecule has 1 aliphatic carbocycles. The Bertz CT molecular complexity index is 217. The Morgan fingerprint density at radius 2 is 2.40 bits per heavy atom. The molecule has 0 radical (unpaired) electrons.